The molecule has 118 valence electrons. The highest BCUT2D eigenvalue weighted by Crippen LogP contribution is 2.40. The molecule has 1 saturated heterocycles. The minimum Gasteiger partial charge on any atom is -0.326 e. The van der Waals surface area contributed by atoms with Gasteiger partial charge in [0.2, 0.25) is 0 Å². The molecular weight excluding hydrogens is 244 g/mol. The highest BCUT2D eigenvalue weighted by molar-refractivity contribution is 5.03. The molecule has 1 saturated carbocycles. The van der Waals surface area contributed by atoms with Gasteiger partial charge >= 0.3 is 0 Å². The van der Waals surface area contributed by atoms with E-state index in [9.17, 15) is 0 Å². The van der Waals surface area contributed by atoms with Crippen molar-refractivity contribution >= 4 is 0 Å². The van der Waals surface area contributed by atoms with Crippen LogP contribution in [0.25, 0.3) is 0 Å². The average Bonchev–Trinajstić information content (AvgIpc) is 3.13. The van der Waals surface area contributed by atoms with Gasteiger partial charge in [-0.1, -0.05) is 58.3 Å². The Morgan fingerprint density at radius 2 is 1.50 bits per heavy atom. The predicted octanol–water partition coefficient (Wildman–Crippen LogP) is 4.47. The molecule has 0 aromatic heterocycles. The molecule has 20 heavy (non-hydrogen) atoms. The molecule has 0 radical (unpaired) electrons. The largest absolute Gasteiger partial charge is 0.326 e. The summed E-state index contributed by atoms with van der Waals surface area (Å²) in [6, 6.07) is 0.425. The topological polar surface area (TPSA) is 29.3 Å². The Bertz CT molecular complexity index is 252. The normalized spacial score (nSPS) is 24.3. The second-order valence-electron chi connectivity index (χ2n) is 7.17. The van der Waals surface area contributed by atoms with Crippen LogP contribution in [0.1, 0.15) is 90.4 Å². The Kier molecular flexibility index (Phi) is 6.83. The summed E-state index contributed by atoms with van der Waals surface area (Å²) < 4.78 is 0. The van der Waals surface area contributed by atoms with Crippen LogP contribution in [-0.2, 0) is 0 Å². The molecule has 1 aliphatic heterocycles. The van der Waals surface area contributed by atoms with Crippen LogP contribution in [-0.4, -0.2) is 29.6 Å². The van der Waals surface area contributed by atoms with Gasteiger partial charge < -0.3 is 5.73 Å². The number of unbranched alkanes of at least 4 members (excludes halogenated alkanes) is 5. The van der Waals surface area contributed by atoms with Crippen molar-refractivity contribution in [2.45, 2.75) is 102 Å². The van der Waals surface area contributed by atoms with Crippen molar-refractivity contribution in [3.63, 3.8) is 0 Å². The molecule has 0 aromatic carbocycles. The molecule has 2 heteroatoms. The first-order valence-corrected chi connectivity index (χ1v) is 9.30. The molecular formula is C18H36N2. The summed E-state index contributed by atoms with van der Waals surface area (Å²) in [7, 11) is 0. The molecule has 2 nitrogen and oxygen atoms in total. The van der Waals surface area contributed by atoms with E-state index < -0.39 is 0 Å². The first-order chi connectivity index (χ1) is 9.79. The van der Waals surface area contributed by atoms with Gasteiger partial charge in [-0.3, -0.25) is 4.90 Å². The van der Waals surface area contributed by atoms with Gasteiger partial charge in [0.15, 0.2) is 0 Å². The van der Waals surface area contributed by atoms with Crippen molar-refractivity contribution in [2.75, 3.05) is 13.1 Å². The molecule has 1 aliphatic carbocycles. The van der Waals surface area contributed by atoms with Crippen LogP contribution in [0.5, 0.6) is 0 Å². The van der Waals surface area contributed by atoms with Gasteiger partial charge in [0, 0.05) is 11.6 Å². The molecule has 0 amide bonds. The van der Waals surface area contributed by atoms with E-state index in [1.807, 2.05) is 0 Å². The van der Waals surface area contributed by atoms with E-state index in [0.29, 0.717) is 11.6 Å². The van der Waals surface area contributed by atoms with Crippen LogP contribution in [0, 0.1) is 0 Å². The number of hydrogen-bond acceptors (Lipinski definition) is 2. The van der Waals surface area contributed by atoms with Crippen molar-refractivity contribution in [1.29, 1.82) is 0 Å². The quantitative estimate of drug-likeness (QED) is 0.631. The highest BCUT2D eigenvalue weighted by Gasteiger charge is 2.44. The lowest BCUT2D eigenvalue weighted by Crippen LogP contribution is -2.57. The fourth-order valence-corrected chi connectivity index (χ4v) is 4.48. The predicted molar refractivity (Wildman–Crippen MR) is 88.0 cm³/mol. The van der Waals surface area contributed by atoms with Gasteiger partial charge in [-0.25, -0.2) is 0 Å². The Balaban J connectivity index is 1.74. The van der Waals surface area contributed by atoms with E-state index in [0.717, 1.165) is 0 Å². The molecule has 2 fully saturated rings. The smallest absolute Gasteiger partial charge is 0.0360 e. The summed E-state index contributed by atoms with van der Waals surface area (Å²) in [6.07, 6.45) is 17.9. The van der Waals surface area contributed by atoms with Crippen molar-refractivity contribution in [3.05, 3.63) is 0 Å². The van der Waals surface area contributed by atoms with Crippen LogP contribution < -0.4 is 5.73 Å². The monoisotopic (exact) mass is 280 g/mol. The maximum Gasteiger partial charge on any atom is 0.0360 e. The third-order valence-electron chi connectivity index (χ3n) is 5.76. The SMILES string of the molecule is CCCCCCCCC(N)C1(N2CCCC2)CCCC1. The van der Waals surface area contributed by atoms with E-state index in [1.165, 1.54) is 96.6 Å². The zero-order valence-electron chi connectivity index (χ0n) is 13.7. The van der Waals surface area contributed by atoms with Crippen molar-refractivity contribution in [2.24, 2.45) is 5.73 Å². The number of rotatable bonds is 9. The molecule has 0 aromatic rings. The fraction of sp³-hybridized carbons (Fsp3) is 1.00. The number of hydrogen-bond donors (Lipinski definition) is 1. The van der Waals surface area contributed by atoms with Gasteiger partial charge in [0.25, 0.3) is 0 Å². The minimum absolute atomic E-state index is 0.389. The van der Waals surface area contributed by atoms with Crippen LogP contribution in [0.3, 0.4) is 0 Å². The number of likely N-dealkylation sites (tertiary alicyclic amines) is 1. The summed E-state index contributed by atoms with van der Waals surface area (Å²) >= 11 is 0. The van der Waals surface area contributed by atoms with Gasteiger partial charge in [0.05, 0.1) is 0 Å². The molecule has 2 rings (SSSR count). The van der Waals surface area contributed by atoms with E-state index in [2.05, 4.69) is 11.8 Å². The first-order valence-electron chi connectivity index (χ1n) is 9.30. The van der Waals surface area contributed by atoms with Gasteiger partial charge in [-0.15, -0.1) is 0 Å². The minimum atomic E-state index is 0.389. The second-order valence-corrected chi connectivity index (χ2v) is 7.17. The summed E-state index contributed by atoms with van der Waals surface area (Å²) in [4.78, 5) is 2.77. The number of nitrogens with zero attached hydrogens (tertiary/aromatic N) is 1. The van der Waals surface area contributed by atoms with E-state index >= 15 is 0 Å². The van der Waals surface area contributed by atoms with Crippen molar-refractivity contribution < 1.29 is 0 Å². The molecule has 1 heterocycles. The van der Waals surface area contributed by atoms with E-state index in [-0.39, 0.29) is 0 Å². The lowest BCUT2D eigenvalue weighted by molar-refractivity contribution is 0.0877. The lowest BCUT2D eigenvalue weighted by Gasteiger charge is -2.43. The lowest BCUT2D eigenvalue weighted by atomic mass is 9.83. The fourth-order valence-electron chi connectivity index (χ4n) is 4.48. The van der Waals surface area contributed by atoms with Crippen molar-refractivity contribution in [1.82, 2.24) is 4.90 Å². The first kappa shape index (κ1) is 16.3. The Labute approximate surface area is 126 Å². The standard InChI is InChI=1S/C18H36N2/c1-2-3-4-5-6-7-12-17(19)18(13-8-9-14-18)20-15-10-11-16-20/h17H,2-16,19H2,1H3. The Morgan fingerprint density at radius 3 is 2.15 bits per heavy atom. The van der Waals surface area contributed by atoms with E-state index in [1.54, 1.807) is 0 Å². The van der Waals surface area contributed by atoms with Crippen LogP contribution in [0.2, 0.25) is 0 Å². The number of nitrogens with two attached hydrogens (primary N) is 1. The van der Waals surface area contributed by atoms with Crippen LogP contribution in [0.4, 0.5) is 0 Å². The maximum atomic E-state index is 6.69. The summed E-state index contributed by atoms with van der Waals surface area (Å²) in [6.45, 7) is 4.91. The maximum absolute atomic E-state index is 6.69. The third kappa shape index (κ3) is 3.98. The zero-order chi connectivity index (χ0) is 14.3. The molecule has 2 aliphatic rings. The molecule has 2 N–H and O–H groups in total. The molecule has 1 atom stereocenters. The Morgan fingerprint density at radius 1 is 0.900 bits per heavy atom. The molecule has 0 bridgehead atoms. The third-order valence-corrected chi connectivity index (χ3v) is 5.76. The van der Waals surface area contributed by atoms with Gasteiger partial charge in [-0.05, 0) is 45.2 Å². The van der Waals surface area contributed by atoms with Crippen LogP contribution >= 0.6 is 0 Å². The van der Waals surface area contributed by atoms with Gasteiger partial charge in [0.1, 0.15) is 0 Å². The summed E-state index contributed by atoms with van der Waals surface area (Å²) in [5.41, 5.74) is 7.08. The summed E-state index contributed by atoms with van der Waals surface area (Å²) in [5, 5.41) is 0. The molecule has 1 unspecified atom stereocenters. The molecule has 0 spiro atoms. The summed E-state index contributed by atoms with van der Waals surface area (Å²) in [5.74, 6) is 0. The average molecular weight is 280 g/mol. The Hall–Kier alpha value is -0.0800. The van der Waals surface area contributed by atoms with Crippen LogP contribution in [0.15, 0.2) is 0 Å². The van der Waals surface area contributed by atoms with Crippen molar-refractivity contribution in [3.8, 4) is 0 Å². The zero-order valence-corrected chi connectivity index (χ0v) is 13.7. The second kappa shape index (κ2) is 8.38. The highest BCUT2D eigenvalue weighted by atomic mass is 15.2. The van der Waals surface area contributed by atoms with E-state index in [4.69, 9.17) is 5.73 Å². The van der Waals surface area contributed by atoms with Gasteiger partial charge in [-0.2, -0.15) is 0 Å².